The number of para-hydroxylation sites is 1. The molecular weight excluding hydrogens is 446 g/mol. The van der Waals surface area contributed by atoms with Gasteiger partial charge in [0.1, 0.15) is 0 Å². The lowest BCUT2D eigenvalue weighted by molar-refractivity contribution is -0.113. The fraction of sp³-hybridized carbons (Fsp3) is 0.200. The molecule has 0 bridgehead atoms. The van der Waals surface area contributed by atoms with E-state index in [4.69, 9.17) is 21.7 Å². The lowest BCUT2D eigenvalue weighted by Crippen LogP contribution is -2.28. The number of amides is 1. The van der Waals surface area contributed by atoms with Crippen LogP contribution < -0.4 is 14.4 Å². The molecule has 0 N–H and O–H groups in total. The van der Waals surface area contributed by atoms with Crippen LogP contribution in [0.4, 0.5) is 5.69 Å². The predicted molar refractivity (Wildman–Crippen MR) is 119 cm³/mol. The lowest BCUT2D eigenvalue weighted by Gasteiger charge is -2.16. The maximum atomic E-state index is 13.0. The Bertz CT molecular complexity index is 943. The Labute approximate surface area is 176 Å². The van der Waals surface area contributed by atoms with Gasteiger partial charge in [0.2, 0.25) is 0 Å². The number of nitrogens with zero attached hydrogens (tertiary/aromatic N) is 1. The summed E-state index contributed by atoms with van der Waals surface area (Å²) in [7, 11) is 1.59. The Balaban J connectivity index is 1.97. The van der Waals surface area contributed by atoms with E-state index >= 15 is 0 Å². The van der Waals surface area contributed by atoms with Crippen molar-refractivity contribution in [1.29, 1.82) is 0 Å². The molecule has 3 rings (SSSR count). The highest BCUT2D eigenvalue weighted by Gasteiger charge is 2.34. The molecule has 2 aromatic rings. The van der Waals surface area contributed by atoms with Crippen LogP contribution in [-0.4, -0.2) is 23.9 Å². The summed E-state index contributed by atoms with van der Waals surface area (Å²) in [5.41, 5.74) is 2.64. The summed E-state index contributed by atoms with van der Waals surface area (Å²) < 4.78 is 12.3. The third-order valence-corrected chi connectivity index (χ3v) is 5.88. The molecule has 0 saturated carbocycles. The van der Waals surface area contributed by atoms with Gasteiger partial charge in [0.25, 0.3) is 5.91 Å². The molecule has 0 atom stereocenters. The third-order valence-electron chi connectivity index (χ3n) is 3.99. The van der Waals surface area contributed by atoms with Gasteiger partial charge in [-0.25, -0.2) is 0 Å². The van der Waals surface area contributed by atoms with Crippen molar-refractivity contribution in [3.63, 3.8) is 0 Å². The molecule has 0 aromatic heterocycles. The van der Waals surface area contributed by atoms with Crippen LogP contribution in [0.2, 0.25) is 0 Å². The van der Waals surface area contributed by atoms with Crippen molar-refractivity contribution in [3.05, 3.63) is 56.9 Å². The van der Waals surface area contributed by atoms with E-state index in [9.17, 15) is 4.79 Å². The van der Waals surface area contributed by atoms with E-state index in [-0.39, 0.29) is 5.91 Å². The molecule has 1 heterocycles. The Morgan fingerprint density at radius 1 is 1.30 bits per heavy atom. The standard InChI is InChI=1S/C20H18BrNO3S2/c1-4-25-18-14(21)9-13(10-16(18)24-3)11-17-19(23)22(20(26)27-17)15-8-6-5-7-12(15)2/h5-11H,4H2,1-3H3/b17-11+. The molecule has 0 unspecified atom stereocenters. The molecule has 1 amide bonds. The number of methoxy groups -OCH3 is 1. The third kappa shape index (κ3) is 4.05. The number of rotatable bonds is 5. The first-order valence-corrected chi connectivity index (χ1v) is 10.3. The number of ether oxygens (including phenoxy) is 2. The maximum Gasteiger partial charge on any atom is 0.270 e. The molecule has 2 aromatic carbocycles. The van der Waals surface area contributed by atoms with Crippen molar-refractivity contribution < 1.29 is 14.3 Å². The molecule has 7 heteroatoms. The first kappa shape index (κ1) is 19.9. The highest BCUT2D eigenvalue weighted by molar-refractivity contribution is 9.10. The average Bonchev–Trinajstić information content (AvgIpc) is 2.91. The van der Waals surface area contributed by atoms with Crippen LogP contribution >= 0.6 is 39.9 Å². The van der Waals surface area contributed by atoms with Crippen molar-refractivity contribution >= 4 is 61.9 Å². The molecule has 140 valence electrons. The second-order valence-electron chi connectivity index (χ2n) is 5.77. The number of benzene rings is 2. The molecule has 0 spiro atoms. The zero-order valence-corrected chi connectivity index (χ0v) is 18.3. The molecular formula is C20H18BrNO3S2. The molecule has 4 nitrogen and oxygen atoms in total. The monoisotopic (exact) mass is 463 g/mol. The molecule has 0 radical (unpaired) electrons. The fourth-order valence-corrected chi connectivity index (χ4v) is 4.61. The van der Waals surface area contributed by atoms with Gasteiger partial charge in [-0.15, -0.1) is 0 Å². The van der Waals surface area contributed by atoms with Gasteiger partial charge in [-0.3, -0.25) is 9.69 Å². The van der Waals surface area contributed by atoms with E-state index in [1.807, 2.05) is 56.3 Å². The first-order valence-electron chi connectivity index (χ1n) is 8.30. The lowest BCUT2D eigenvalue weighted by atomic mass is 10.1. The zero-order valence-electron chi connectivity index (χ0n) is 15.1. The van der Waals surface area contributed by atoms with Gasteiger partial charge in [-0.2, -0.15) is 0 Å². The maximum absolute atomic E-state index is 13.0. The van der Waals surface area contributed by atoms with Crippen LogP contribution in [0, 0.1) is 6.92 Å². The average molecular weight is 464 g/mol. The number of thiocarbonyl (C=S) groups is 1. The second kappa shape index (κ2) is 8.46. The SMILES string of the molecule is CCOc1c(Br)cc(/C=C2/SC(=S)N(c3ccccc3C)C2=O)cc1OC. The number of halogens is 1. The van der Waals surface area contributed by atoms with E-state index in [0.29, 0.717) is 27.3 Å². The van der Waals surface area contributed by atoms with E-state index in [0.717, 1.165) is 21.3 Å². The second-order valence-corrected chi connectivity index (χ2v) is 8.30. The quantitative estimate of drug-likeness (QED) is 0.427. The van der Waals surface area contributed by atoms with Crippen molar-refractivity contribution in [3.8, 4) is 11.5 Å². The highest BCUT2D eigenvalue weighted by atomic mass is 79.9. The van der Waals surface area contributed by atoms with Crippen molar-refractivity contribution in [2.24, 2.45) is 0 Å². The van der Waals surface area contributed by atoms with E-state index in [1.54, 1.807) is 12.0 Å². The fourth-order valence-electron chi connectivity index (χ4n) is 2.75. The summed E-state index contributed by atoms with van der Waals surface area (Å²) >= 11 is 10.3. The summed E-state index contributed by atoms with van der Waals surface area (Å²) in [5, 5.41) is 0. The highest BCUT2D eigenvalue weighted by Crippen LogP contribution is 2.40. The summed E-state index contributed by atoms with van der Waals surface area (Å²) in [4.78, 5) is 15.1. The van der Waals surface area contributed by atoms with Crippen molar-refractivity contribution in [2.45, 2.75) is 13.8 Å². The molecule has 1 aliphatic rings. The molecule has 1 fully saturated rings. The van der Waals surface area contributed by atoms with Gasteiger partial charge >= 0.3 is 0 Å². The van der Waals surface area contributed by atoms with Crippen LogP contribution in [0.15, 0.2) is 45.8 Å². The largest absolute Gasteiger partial charge is 0.493 e. The number of thioether (sulfide) groups is 1. The van der Waals surface area contributed by atoms with Gasteiger partial charge in [0, 0.05) is 0 Å². The van der Waals surface area contributed by atoms with Gasteiger partial charge < -0.3 is 9.47 Å². The molecule has 27 heavy (non-hydrogen) atoms. The van der Waals surface area contributed by atoms with E-state index < -0.39 is 0 Å². The van der Waals surface area contributed by atoms with Gasteiger partial charge in [-0.05, 0) is 65.2 Å². The van der Waals surface area contributed by atoms with Crippen molar-refractivity contribution in [2.75, 3.05) is 18.6 Å². The zero-order chi connectivity index (χ0) is 19.6. The predicted octanol–water partition coefficient (Wildman–Crippen LogP) is 5.57. The van der Waals surface area contributed by atoms with Crippen LogP contribution in [0.1, 0.15) is 18.1 Å². The minimum Gasteiger partial charge on any atom is -0.493 e. The summed E-state index contributed by atoms with van der Waals surface area (Å²) in [6, 6.07) is 11.4. The van der Waals surface area contributed by atoms with Gasteiger partial charge in [-0.1, -0.05) is 42.2 Å². The van der Waals surface area contributed by atoms with Crippen LogP contribution in [0.25, 0.3) is 6.08 Å². The normalized spacial score (nSPS) is 15.6. The number of hydrogen-bond donors (Lipinski definition) is 0. The Morgan fingerprint density at radius 2 is 2.04 bits per heavy atom. The topological polar surface area (TPSA) is 38.8 Å². The summed E-state index contributed by atoms with van der Waals surface area (Å²) in [6.45, 7) is 4.41. The smallest absolute Gasteiger partial charge is 0.270 e. The number of anilines is 1. The number of aryl methyl sites for hydroxylation is 1. The first-order chi connectivity index (χ1) is 13.0. The van der Waals surface area contributed by atoms with E-state index in [1.165, 1.54) is 11.8 Å². The van der Waals surface area contributed by atoms with Crippen LogP contribution in [0.3, 0.4) is 0 Å². The summed E-state index contributed by atoms with van der Waals surface area (Å²) in [6.07, 6.45) is 1.82. The van der Waals surface area contributed by atoms with E-state index in [2.05, 4.69) is 15.9 Å². The van der Waals surface area contributed by atoms with Crippen LogP contribution in [-0.2, 0) is 4.79 Å². The Morgan fingerprint density at radius 3 is 2.70 bits per heavy atom. The molecule has 1 saturated heterocycles. The molecule has 1 aliphatic heterocycles. The number of carbonyl (C=O) groups is 1. The minimum absolute atomic E-state index is 0.122. The Kier molecular flexibility index (Phi) is 6.24. The minimum atomic E-state index is -0.122. The Hall–Kier alpha value is -1.83. The number of carbonyl (C=O) groups excluding carboxylic acids is 1. The van der Waals surface area contributed by atoms with Crippen molar-refractivity contribution in [1.82, 2.24) is 0 Å². The number of hydrogen-bond acceptors (Lipinski definition) is 5. The van der Waals surface area contributed by atoms with Gasteiger partial charge in [0.15, 0.2) is 15.8 Å². The van der Waals surface area contributed by atoms with Crippen LogP contribution in [0.5, 0.6) is 11.5 Å². The molecule has 0 aliphatic carbocycles. The summed E-state index contributed by atoms with van der Waals surface area (Å²) in [5.74, 6) is 1.12. The van der Waals surface area contributed by atoms with Gasteiger partial charge in [0.05, 0.1) is 28.8 Å².